The number of nitrogens with zero attached hydrogens (tertiary/aromatic N) is 3. The van der Waals surface area contributed by atoms with Crippen molar-refractivity contribution in [1.29, 1.82) is 0 Å². The molecule has 0 amide bonds. The number of rotatable bonds is 10. The van der Waals surface area contributed by atoms with Crippen molar-refractivity contribution >= 4 is 23.4 Å². The molecule has 1 rings (SSSR count). The summed E-state index contributed by atoms with van der Waals surface area (Å²) in [5, 5.41) is 3.45. The molecule has 0 aliphatic carbocycles. The van der Waals surface area contributed by atoms with Crippen LogP contribution in [-0.2, 0) is 6.42 Å². The molecule has 1 heterocycles. The van der Waals surface area contributed by atoms with E-state index < -0.39 is 0 Å². The number of aromatic nitrogens is 2. The predicted octanol–water partition coefficient (Wildman–Crippen LogP) is 3.83. The van der Waals surface area contributed by atoms with E-state index in [9.17, 15) is 0 Å². The summed E-state index contributed by atoms with van der Waals surface area (Å²) in [7, 11) is 2.16. The van der Waals surface area contributed by atoms with Crippen LogP contribution in [0.4, 0.5) is 11.6 Å². The van der Waals surface area contributed by atoms with Gasteiger partial charge in [-0.3, -0.25) is 0 Å². The standard InChI is InChI=1S/C16H30N4S/c1-6-9-14-15(17-10-7-2)18-12-19-16(14)20(4)13(8-3)11-21-5/h12-13H,6-11H2,1-5H3,(H,17,18,19). The lowest BCUT2D eigenvalue weighted by atomic mass is 10.1. The highest BCUT2D eigenvalue weighted by molar-refractivity contribution is 7.98. The van der Waals surface area contributed by atoms with Crippen LogP contribution in [0.3, 0.4) is 0 Å². The first-order valence-corrected chi connectivity index (χ1v) is 9.38. The maximum absolute atomic E-state index is 4.58. The van der Waals surface area contributed by atoms with Crippen LogP contribution in [0.2, 0.25) is 0 Å². The fourth-order valence-electron chi connectivity index (χ4n) is 2.45. The molecule has 1 N–H and O–H groups in total. The van der Waals surface area contributed by atoms with E-state index in [1.165, 1.54) is 5.56 Å². The summed E-state index contributed by atoms with van der Waals surface area (Å²) >= 11 is 1.89. The van der Waals surface area contributed by atoms with Crippen LogP contribution in [0, 0.1) is 0 Å². The molecule has 1 aromatic rings. The molecule has 0 aromatic carbocycles. The van der Waals surface area contributed by atoms with Crippen molar-refractivity contribution in [3.05, 3.63) is 11.9 Å². The molecule has 0 radical (unpaired) electrons. The van der Waals surface area contributed by atoms with Gasteiger partial charge in [-0.05, 0) is 25.5 Å². The van der Waals surface area contributed by atoms with Crippen LogP contribution in [0.1, 0.15) is 45.6 Å². The summed E-state index contributed by atoms with van der Waals surface area (Å²) in [5.74, 6) is 3.22. The third-order valence-electron chi connectivity index (χ3n) is 3.68. The predicted molar refractivity (Wildman–Crippen MR) is 95.7 cm³/mol. The Balaban J connectivity index is 3.08. The van der Waals surface area contributed by atoms with Crippen molar-refractivity contribution in [2.24, 2.45) is 0 Å². The minimum Gasteiger partial charge on any atom is -0.370 e. The first kappa shape index (κ1) is 18.1. The zero-order valence-electron chi connectivity index (χ0n) is 14.1. The summed E-state index contributed by atoms with van der Waals surface area (Å²) in [5.41, 5.74) is 1.26. The lowest BCUT2D eigenvalue weighted by Gasteiger charge is -2.30. The average Bonchev–Trinajstić information content (AvgIpc) is 2.51. The number of hydrogen-bond donors (Lipinski definition) is 1. The molecule has 0 bridgehead atoms. The number of anilines is 2. The Bertz CT molecular complexity index is 411. The Morgan fingerprint density at radius 1 is 1.24 bits per heavy atom. The van der Waals surface area contributed by atoms with Crippen LogP contribution in [-0.4, -0.2) is 41.6 Å². The van der Waals surface area contributed by atoms with Gasteiger partial charge in [-0.1, -0.05) is 27.2 Å². The second-order valence-corrected chi connectivity index (χ2v) is 6.24. The zero-order valence-corrected chi connectivity index (χ0v) is 15.0. The van der Waals surface area contributed by atoms with E-state index in [0.29, 0.717) is 6.04 Å². The molecule has 0 spiro atoms. The highest BCUT2D eigenvalue weighted by atomic mass is 32.2. The molecule has 1 aromatic heterocycles. The van der Waals surface area contributed by atoms with Crippen molar-refractivity contribution < 1.29 is 0 Å². The minimum atomic E-state index is 0.518. The maximum atomic E-state index is 4.58. The second kappa shape index (κ2) is 9.87. The van der Waals surface area contributed by atoms with Crippen LogP contribution in [0.5, 0.6) is 0 Å². The van der Waals surface area contributed by atoms with Gasteiger partial charge in [0.15, 0.2) is 0 Å². The smallest absolute Gasteiger partial charge is 0.137 e. The van der Waals surface area contributed by atoms with Crippen molar-refractivity contribution in [3.63, 3.8) is 0 Å². The molecule has 0 saturated heterocycles. The van der Waals surface area contributed by atoms with Gasteiger partial charge in [-0.25, -0.2) is 9.97 Å². The van der Waals surface area contributed by atoms with Gasteiger partial charge >= 0.3 is 0 Å². The molecule has 0 aliphatic rings. The summed E-state index contributed by atoms with van der Waals surface area (Å²) in [4.78, 5) is 11.4. The second-order valence-electron chi connectivity index (χ2n) is 5.33. The molecule has 1 atom stereocenters. The highest BCUT2D eigenvalue weighted by Crippen LogP contribution is 2.26. The van der Waals surface area contributed by atoms with E-state index in [1.54, 1.807) is 6.33 Å². The maximum Gasteiger partial charge on any atom is 0.137 e. The van der Waals surface area contributed by atoms with Gasteiger partial charge in [0.2, 0.25) is 0 Å². The average molecular weight is 311 g/mol. The van der Waals surface area contributed by atoms with Gasteiger partial charge in [0.05, 0.1) is 0 Å². The lowest BCUT2D eigenvalue weighted by Crippen LogP contribution is -2.34. The summed E-state index contributed by atoms with van der Waals surface area (Å²) in [6.07, 6.45) is 8.21. The van der Waals surface area contributed by atoms with E-state index in [0.717, 1.165) is 49.6 Å². The van der Waals surface area contributed by atoms with Gasteiger partial charge < -0.3 is 10.2 Å². The van der Waals surface area contributed by atoms with Crippen LogP contribution < -0.4 is 10.2 Å². The lowest BCUT2D eigenvalue weighted by molar-refractivity contribution is 0.660. The van der Waals surface area contributed by atoms with Crippen molar-refractivity contribution in [1.82, 2.24) is 9.97 Å². The molecule has 0 aliphatic heterocycles. The fraction of sp³-hybridized carbons (Fsp3) is 0.750. The summed E-state index contributed by atoms with van der Waals surface area (Å²) in [6, 6.07) is 0.518. The highest BCUT2D eigenvalue weighted by Gasteiger charge is 2.19. The first-order chi connectivity index (χ1) is 10.2. The van der Waals surface area contributed by atoms with Gasteiger partial charge in [0.25, 0.3) is 0 Å². The Labute approximate surface area is 134 Å². The molecule has 5 heteroatoms. The molecular weight excluding hydrogens is 280 g/mol. The fourth-order valence-corrected chi connectivity index (χ4v) is 3.30. The van der Waals surface area contributed by atoms with Gasteiger partial charge in [0, 0.05) is 31.0 Å². The molecule has 0 saturated carbocycles. The third-order valence-corrected chi connectivity index (χ3v) is 4.40. The summed E-state index contributed by atoms with van der Waals surface area (Å²) < 4.78 is 0. The third kappa shape index (κ3) is 5.06. The number of hydrogen-bond acceptors (Lipinski definition) is 5. The van der Waals surface area contributed by atoms with Crippen LogP contribution in [0.15, 0.2) is 6.33 Å². The van der Waals surface area contributed by atoms with E-state index in [4.69, 9.17) is 0 Å². The summed E-state index contributed by atoms with van der Waals surface area (Å²) in [6.45, 7) is 7.58. The SMILES string of the molecule is CCCNc1ncnc(N(C)C(CC)CSC)c1CCC. The Morgan fingerprint density at radius 3 is 2.57 bits per heavy atom. The van der Waals surface area contributed by atoms with Crippen molar-refractivity contribution in [2.45, 2.75) is 52.5 Å². The van der Waals surface area contributed by atoms with E-state index >= 15 is 0 Å². The van der Waals surface area contributed by atoms with E-state index in [-0.39, 0.29) is 0 Å². The van der Waals surface area contributed by atoms with Gasteiger partial charge in [-0.15, -0.1) is 0 Å². The van der Waals surface area contributed by atoms with E-state index in [2.05, 4.69) is 54.3 Å². The Morgan fingerprint density at radius 2 is 2.00 bits per heavy atom. The number of thioether (sulfide) groups is 1. The Hall–Kier alpha value is -0.970. The van der Waals surface area contributed by atoms with Crippen LogP contribution >= 0.6 is 11.8 Å². The molecule has 21 heavy (non-hydrogen) atoms. The monoisotopic (exact) mass is 310 g/mol. The molecule has 0 fully saturated rings. The molecule has 1 unspecified atom stereocenters. The molecular formula is C16H30N4S. The van der Waals surface area contributed by atoms with Gasteiger partial charge in [-0.2, -0.15) is 11.8 Å². The van der Waals surface area contributed by atoms with E-state index in [1.807, 2.05) is 11.8 Å². The number of nitrogens with one attached hydrogen (secondary N) is 1. The molecule has 120 valence electrons. The zero-order chi connectivity index (χ0) is 15.7. The minimum absolute atomic E-state index is 0.518. The largest absolute Gasteiger partial charge is 0.370 e. The van der Waals surface area contributed by atoms with Crippen molar-refractivity contribution in [3.8, 4) is 0 Å². The van der Waals surface area contributed by atoms with Gasteiger partial charge in [0.1, 0.15) is 18.0 Å². The van der Waals surface area contributed by atoms with Crippen molar-refractivity contribution in [2.75, 3.05) is 35.8 Å². The first-order valence-electron chi connectivity index (χ1n) is 7.98. The normalized spacial score (nSPS) is 12.2. The van der Waals surface area contributed by atoms with Crippen LogP contribution in [0.25, 0.3) is 0 Å². The molecule has 4 nitrogen and oxygen atoms in total. The Kier molecular flexibility index (Phi) is 8.50. The topological polar surface area (TPSA) is 41.1 Å². The quantitative estimate of drug-likeness (QED) is 0.711.